The molecule has 0 saturated carbocycles. The van der Waals surface area contributed by atoms with Crippen molar-refractivity contribution in [3.8, 4) is 0 Å². The van der Waals surface area contributed by atoms with Crippen LogP contribution in [0.4, 0.5) is 5.69 Å². The lowest BCUT2D eigenvalue weighted by Crippen LogP contribution is -2.10. The first-order valence-corrected chi connectivity index (χ1v) is 6.90. The molecule has 0 saturated heterocycles. The molecule has 2 aromatic carbocycles. The zero-order valence-corrected chi connectivity index (χ0v) is 12.4. The van der Waals surface area contributed by atoms with Gasteiger partial charge in [-0.25, -0.2) is 4.79 Å². The van der Waals surface area contributed by atoms with E-state index in [0.717, 1.165) is 22.2 Å². The molecule has 2 aliphatic rings. The van der Waals surface area contributed by atoms with Crippen LogP contribution in [0.3, 0.4) is 0 Å². The standard InChI is InChI=1S/C11H11NO2.C7H4O/c1-12(2)9-5-3-8-4-6-11(13)14-10(8)7-9;8-7-5-2-1-3-6(7)4-5/h3-7H,1-2H3;1-4H. The summed E-state index contributed by atoms with van der Waals surface area (Å²) in [4.78, 5) is 23.6. The van der Waals surface area contributed by atoms with E-state index in [0.29, 0.717) is 5.58 Å². The van der Waals surface area contributed by atoms with E-state index in [1.165, 1.54) is 6.07 Å². The number of anilines is 1. The summed E-state index contributed by atoms with van der Waals surface area (Å²) in [6, 6.07) is 16.4. The lowest BCUT2D eigenvalue weighted by molar-refractivity contribution is 0.102. The quantitative estimate of drug-likeness (QED) is 0.506. The van der Waals surface area contributed by atoms with Crippen molar-refractivity contribution in [2.24, 2.45) is 0 Å². The van der Waals surface area contributed by atoms with E-state index in [4.69, 9.17) is 4.42 Å². The molecule has 0 unspecified atom stereocenters. The van der Waals surface area contributed by atoms with Gasteiger partial charge < -0.3 is 9.32 Å². The average molecular weight is 293 g/mol. The maximum Gasteiger partial charge on any atom is 0.336 e. The monoisotopic (exact) mass is 293 g/mol. The molecule has 22 heavy (non-hydrogen) atoms. The fraction of sp³-hybridized carbons (Fsp3) is 0.111. The van der Waals surface area contributed by atoms with Crippen LogP contribution < -0.4 is 10.5 Å². The van der Waals surface area contributed by atoms with Gasteiger partial charge in [-0.1, -0.05) is 18.2 Å². The highest BCUT2D eigenvalue weighted by Crippen LogP contribution is 2.19. The predicted octanol–water partition coefficient (Wildman–Crippen LogP) is 3.09. The van der Waals surface area contributed by atoms with Gasteiger partial charge in [0, 0.05) is 48.4 Å². The molecule has 1 heterocycles. The first-order chi connectivity index (χ1) is 10.5. The number of rotatable bonds is 1. The summed E-state index contributed by atoms with van der Waals surface area (Å²) in [6.07, 6.45) is 0. The molecule has 5 rings (SSSR count). The highest BCUT2D eigenvalue weighted by atomic mass is 16.4. The normalized spacial score (nSPS) is 11.5. The molecule has 0 fully saturated rings. The molecule has 0 radical (unpaired) electrons. The maximum absolute atomic E-state index is 11.0. The van der Waals surface area contributed by atoms with Crippen LogP contribution in [0.2, 0.25) is 0 Å². The topological polar surface area (TPSA) is 50.5 Å². The Kier molecular flexibility index (Phi) is 3.51. The van der Waals surface area contributed by atoms with Gasteiger partial charge in [0.25, 0.3) is 0 Å². The predicted molar refractivity (Wildman–Crippen MR) is 86.7 cm³/mol. The molecule has 110 valence electrons. The van der Waals surface area contributed by atoms with Crippen molar-refractivity contribution < 1.29 is 9.21 Å². The van der Waals surface area contributed by atoms with Gasteiger partial charge >= 0.3 is 5.63 Å². The van der Waals surface area contributed by atoms with E-state index in [2.05, 4.69) is 0 Å². The van der Waals surface area contributed by atoms with Crippen LogP contribution in [0.1, 0.15) is 15.9 Å². The molecule has 4 heteroatoms. The zero-order valence-electron chi connectivity index (χ0n) is 12.4. The fourth-order valence-electron chi connectivity index (χ4n) is 2.22. The summed E-state index contributed by atoms with van der Waals surface area (Å²) in [5.74, 6) is 0.201. The maximum atomic E-state index is 11.0. The Morgan fingerprint density at radius 1 is 0.864 bits per heavy atom. The number of hydrogen-bond donors (Lipinski definition) is 0. The van der Waals surface area contributed by atoms with Crippen molar-refractivity contribution in [1.29, 1.82) is 0 Å². The summed E-state index contributed by atoms with van der Waals surface area (Å²) in [5.41, 5.74) is 3.04. The van der Waals surface area contributed by atoms with Crippen LogP contribution in [-0.2, 0) is 0 Å². The SMILES string of the molecule is CN(C)c1ccc2ccc(=O)oc2c1.O=C1c2cccc1c2. The van der Waals surface area contributed by atoms with E-state index < -0.39 is 0 Å². The second kappa shape index (κ2) is 5.48. The number of fused-ring (bicyclic) bond motifs is 3. The molecule has 0 N–H and O–H groups in total. The number of carbonyl (C=O) groups is 1. The van der Waals surface area contributed by atoms with Gasteiger partial charge in [0.1, 0.15) is 5.58 Å². The second-order valence-electron chi connectivity index (χ2n) is 5.28. The molecule has 4 nitrogen and oxygen atoms in total. The Hall–Kier alpha value is -2.88. The Balaban J connectivity index is 0.000000151. The van der Waals surface area contributed by atoms with Crippen molar-refractivity contribution in [3.63, 3.8) is 0 Å². The van der Waals surface area contributed by atoms with Gasteiger partial charge in [-0.15, -0.1) is 0 Å². The highest BCUT2D eigenvalue weighted by molar-refractivity contribution is 6.16. The molecule has 2 bridgehead atoms. The van der Waals surface area contributed by atoms with Crippen molar-refractivity contribution >= 4 is 22.4 Å². The Bertz CT molecular complexity index is 881. The molecule has 2 aliphatic carbocycles. The molecule has 0 amide bonds. The summed E-state index contributed by atoms with van der Waals surface area (Å²) >= 11 is 0. The largest absolute Gasteiger partial charge is 0.423 e. The van der Waals surface area contributed by atoms with Gasteiger partial charge in [-0.2, -0.15) is 0 Å². The van der Waals surface area contributed by atoms with Gasteiger partial charge in [0.2, 0.25) is 0 Å². The number of carbonyl (C=O) groups excluding carboxylic acids is 1. The Morgan fingerprint density at radius 2 is 1.55 bits per heavy atom. The average Bonchev–Trinajstić information content (AvgIpc) is 2.54. The number of hydrogen-bond acceptors (Lipinski definition) is 4. The third-order valence-corrected chi connectivity index (χ3v) is 3.51. The minimum absolute atomic E-state index is 0.201. The van der Waals surface area contributed by atoms with Gasteiger partial charge in [-0.05, 0) is 24.3 Å². The molecular formula is C18H15NO3. The molecule has 0 spiro atoms. The summed E-state index contributed by atoms with van der Waals surface area (Å²) in [6.45, 7) is 0. The van der Waals surface area contributed by atoms with Crippen molar-refractivity contribution in [2.45, 2.75) is 0 Å². The van der Waals surface area contributed by atoms with Crippen LogP contribution in [0.25, 0.3) is 11.0 Å². The summed E-state index contributed by atoms with van der Waals surface area (Å²) < 4.78 is 5.07. The molecule has 1 aromatic heterocycles. The first-order valence-electron chi connectivity index (χ1n) is 6.90. The lowest BCUT2D eigenvalue weighted by Gasteiger charge is -2.11. The molecular weight excluding hydrogens is 278 g/mol. The second-order valence-corrected chi connectivity index (χ2v) is 5.28. The number of nitrogens with zero attached hydrogens (tertiary/aromatic N) is 1. The van der Waals surface area contributed by atoms with Gasteiger partial charge in [0.15, 0.2) is 5.78 Å². The van der Waals surface area contributed by atoms with Crippen molar-refractivity contribution in [2.75, 3.05) is 19.0 Å². The van der Waals surface area contributed by atoms with Crippen LogP contribution in [0.5, 0.6) is 0 Å². The van der Waals surface area contributed by atoms with Crippen LogP contribution in [0, 0.1) is 0 Å². The van der Waals surface area contributed by atoms with Gasteiger partial charge in [0.05, 0.1) is 0 Å². The van der Waals surface area contributed by atoms with E-state index in [1.807, 2.05) is 61.5 Å². The summed E-state index contributed by atoms with van der Waals surface area (Å²) in [5, 5.41) is 0.940. The fourth-order valence-corrected chi connectivity index (χ4v) is 2.22. The third kappa shape index (κ3) is 2.63. The Labute approximate surface area is 127 Å². The van der Waals surface area contributed by atoms with E-state index in [-0.39, 0.29) is 11.4 Å². The van der Waals surface area contributed by atoms with Gasteiger partial charge in [-0.3, -0.25) is 4.79 Å². The van der Waals surface area contributed by atoms with E-state index >= 15 is 0 Å². The third-order valence-electron chi connectivity index (χ3n) is 3.51. The first kappa shape index (κ1) is 14.1. The Morgan fingerprint density at radius 3 is 2.09 bits per heavy atom. The minimum atomic E-state index is -0.312. The van der Waals surface area contributed by atoms with E-state index in [1.54, 1.807) is 6.07 Å². The smallest absolute Gasteiger partial charge is 0.336 e. The molecule has 0 atom stereocenters. The van der Waals surface area contributed by atoms with Crippen LogP contribution >= 0.6 is 0 Å². The number of ketones is 1. The van der Waals surface area contributed by atoms with Crippen molar-refractivity contribution in [3.05, 3.63) is 76.1 Å². The number of benzene rings is 2. The highest BCUT2D eigenvalue weighted by Gasteiger charge is 2.17. The zero-order chi connectivity index (χ0) is 15.7. The van der Waals surface area contributed by atoms with Crippen LogP contribution in [0.15, 0.2) is 63.8 Å². The molecule has 3 aromatic rings. The molecule has 0 aliphatic heterocycles. The van der Waals surface area contributed by atoms with Crippen LogP contribution in [-0.4, -0.2) is 19.9 Å². The van der Waals surface area contributed by atoms with Crippen molar-refractivity contribution in [1.82, 2.24) is 0 Å². The summed E-state index contributed by atoms with van der Waals surface area (Å²) in [7, 11) is 3.89. The van der Waals surface area contributed by atoms with E-state index in [9.17, 15) is 9.59 Å². The lowest BCUT2D eigenvalue weighted by atomic mass is 9.92. The minimum Gasteiger partial charge on any atom is -0.423 e.